The van der Waals surface area contributed by atoms with Crippen molar-refractivity contribution in [1.29, 1.82) is 0 Å². The van der Waals surface area contributed by atoms with Gasteiger partial charge in [0, 0.05) is 19.3 Å². The minimum Gasteiger partial charge on any atom is -0.370 e. The maximum Gasteiger partial charge on any atom is 0.194 e. The van der Waals surface area contributed by atoms with Crippen molar-refractivity contribution in [3.8, 4) is 0 Å². The number of pyridine rings is 1. The molecule has 0 spiro atoms. The van der Waals surface area contributed by atoms with E-state index in [1.54, 1.807) is 6.20 Å². The van der Waals surface area contributed by atoms with Crippen LogP contribution in [0.4, 0.5) is 5.82 Å². The third-order valence-electron chi connectivity index (χ3n) is 2.88. The average Bonchev–Trinajstić information content (AvgIpc) is 2.39. The zero-order valence-electron chi connectivity index (χ0n) is 10.6. The van der Waals surface area contributed by atoms with E-state index in [1.807, 2.05) is 18.2 Å². The number of aromatic nitrogens is 1. The van der Waals surface area contributed by atoms with Gasteiger partial charge in [-0.1, -0.05) is 17.7 Å². The Labute approximate surface area is 107 Å². The van der Waals surface area contributed by atoms with E-state index in [4.69, 9.17) is 5.73 Å². The van der Waals surface area contributed by atoms with Gasteiger partial charge in [-0.05, 0) is 25.6 Å². The first-order valence-corrected chi connectivity index (χ1v) is 6.08. The Morgan fingerprint density at radius 2 is 2.44 bits per heavy atom. The lowest BCUT2D eigenvalue weighted by Gasteiger charge is -2.21. The van der Waals surface area contributed by atoms with E-state index in [0.29, 0.717) is 12.5 Å². The predicted molar refractivity (Wildman–Crippen MR) is 74.5 cm³/mol. The highest BCUT2D eigenvalue weighted by Crippen LogP contribution is 2.09. The number of aliphatic imine (C=N–C) groups is 1. The number of nitrogens with zero attached hydrogens (tertiary/aromatic N) is 3. The van der Waals surface area contributed by atoms with Crippen molar-refractivity contribution < 1.29 is 0 Å². The van der Waals surface area contributed by atoms with Gasteiger partial charge in [0.05, 0.1) is 6.54 Å². The first-order valence-electron chi connectivity index (χ1n) is 6.08. The Bertz CT molecular complexity index is 438. The van der Waals surface area contributed by atoms with Crippen LogP contribution >= 0.6 is 0 Å². The van der Waals surface area contributed by atoms with Gasteiger partial charge in [0.2, 0.25) is 0 Å². The molecule has 0 fully saturated rings. The number of nitrogens with one attached hydrogen (secondary N) is 1. The molecular weight excluding hydrogens is 226 g/mol. The predicted octanol–water partition coefficient (Wildman–Crippen LogP) is 1.07. The van der Waals surface area contributed by atoms with Gasteiger partial charge >= 0.3 is 0 Å². The van der Waals surface area contributed by atoms with Gasteiger partial charge in [-0.25, -0.2) is 9.98 Å². The first-order chi connectivity index (χ1) is 8.74. The highest BCUT2D eigenvalue weighted by Gasteiger charge is 2.06. The molecule has 0 aromatic carbocycles. The molecule has 5 nitrogen and oxygen atoms in total. The van der Waals surface area contributed by atoms with Gasteiger partial charge in [-0.3, -0.25) is 0 Å². The Hall–Kier alpha value is -1.88. The van der Waals surface area contributed by atoms with Crippen LogP contribution in [0.25, 0.3) is 0 Å². The summed E-state index contributed by atoms with van der Waals surface area (Å²) in [5.74, 6) is 1.13. The average molecular weight is 245 g/mol. The summed E-state index contributed by atoms with van der Waals surface area (Å²) in [6.07, 6.45) is 5.01. The summed E-state index contributed by atoms with van der Waals surface area (Å²) < 4.78 is 0. The van der Waals surface area contributed by atoms with Crippen LogP contribution in [0.3, 0.4) is 0 Å². The van der Waals surface area contributed by atoms with Crippen molar-refractivity contribution in [3.63, 3.8) is 0 Å². The first kappa shape index (κ1) is 12.6. The fourth-order valence-corrected chi connectivity index (χ4v) is 1.75. The van der Waals surface area contributed by atoms with E-state index in [1.165, 1.54) is 5.57 Å². The Morgan fingerprint density at radius 3 is 3.11 bits per heavy atom. The van der Waals surface area contributed by atoms with Crippen LogP contribution in [0.2, 0.25) is 0 Å². The summed E-state index contributed by atoms with van der Waals surface area (Å²) in [7, 11) is 2.12. The molecule has 0 bridgehead atoms. The van der Waals surface area contributed by atoms with Crippen molar-refractivity contribution >= 4 is 11.8 Å². The summed E-state index contributed by atoms with van der Waals surface area (Å²) in [6.45, 7) is 2.76. The van der Waals surface area contributed by atoms with E-state index in [-0.39, 0.29) is 0 Å². The second kappa shape index (κ2) is 6.16. The van der Waals surface area contributed by atoms with E-state index in [2.05, 4.69) is 33.3 Å². The molecule has 0 unspecified atom stereocenters. The van der Waals surface area contributed by atoms with Gasteiger partial charge < -0.3 is 16.0 Å². The lowest BCUT2D eigenvalue weighted by molar-refractivity contribution is 0.358. The molecule has 2 heterocycles. The van der Waals surface area contributed by atoms with Gasteiger partial charge in [0.1, 0.15) is 5.82 Å². The Balaban J connectivity index is 1.86. The molecule has 2 rings (SSSR count). The van der Waals surface area contributed by atoms with Crippen LogP contribution < -0.4 is 11.1 Å². The number of anilines is 1. The van der Waals surface area contributed by atoms with E-state index >= 15 is 0 Å². The maximum atomic E-state index is 5.81. The van der Waals surface area contributed by atoms with Gasteiger partial charge in [-0.15, -0.1) is 0 Å². The molecular formula is C13H19N5. The van der Waals surface area contributed by atoms with E-state index < -0.39 is 0 Å². The maximum absolute atomic E-state index is 5.81. The highest BCUT2D eigenvalue weighted by atomic mass is 15.1. The van der Waals surface area contributed by atoms with Crippen molar-refractivity contribution in [2.75, 3.05) is 32.0 Å². The molecule has 1 aromatic heterocycles. The zero-order valence-corrected chi connectivity index (χ0v) is 10.6. The normalized spacial score (nSPS) is 17.4. The monoisotopic (exact) mass is 245 g/mol. The molecule has 0 saturated carbocycles. The minimum atomic E-state index is 0.411. The topological polar surface area (TPSA) is 66.5 Å². The van der Waals surface area contributed by atoms with E-state index in [9.17, 15) is 0 Å². The largest absolute Gasteiger partial charge is 0.370 e. The SMILES string of the molecule is CN1CC=C(CN=C(N)Nc2ccccn2)CC1. The van der Waals surface area contributed by atoms with Crippen molar-refractivity contribution in [2.45, 2.75) is 6.42 Å². The molecule has 1 aromatic rings. The minimum absolute atomic E-state index is 0.411. The molecule has 1 aliphatic heterocycles. The Kier molecular flexibility index (Phi) is 4.30. The number of guanidine groups is 1. The molecule has 0 aliphatic carbocycles. The molecule has 18 heavy (non-hydrogen) atoms. The van der Waals surface area contributed by atoms with Crippen LogP contribution in [-0.4, -0.2) is 42.5 Å². The van der Waals surface area contributed by atoms with Crippen LogP contribution in [0.15, 0.2) is 41.0 Å². The molecule has 1 aliphatic rings. The summed E-state index contributed by atoms with van der Waals surface area (Å²) in [4.78, 5) is 10.7. The zero-order chi connectivity index (χ0) is 12.8. The fourth-order valence-electron chi connectivity index (χ4n) is 1.75. The molecule has 3 N–H and O–H groups in total. The highest BCUT2D eigenvalue weighted by molar-refractivity contribution is 5.91. The van der Waals surface area contributed by atoms with Crippen LogP contribution in [0, 0.1) is 0 Å². The number of hydrogen-bond donors (Lipinski definition) is 2. The molecule has 5 heteroatoms. The van der Waals surface area contributed by atoms with Crippen LogP contribution in [0.1, 0.15) is 6.42 Å². The van der Waals surface area contributed by atoms with Crippen molar-refractivity contribution in [2.24, 2.45) is 10.7 Å². The van der Waals surface area contributed by atoms with E-state index in [0.717, 1.165) is 25.3 Å². The van der Waals surface area contributed by atoms with Crippen LogP contribution in [-0.2, 0) is 0 Å². The molecule has 0 amide bonds. The third kappa shape index (κ3) is 3.85. The van der Waals surface area contributed by atoms with Crippen molar-refractivity contribution in [1.82, 2.24) is 9.88 Å². The third-order valence-corrected chi connectivity index (χ3v) is 2.88. The number of nitrogens with two attached hydrogens (primary N) is 1. The van der Waals surface area contributed by atoms with Gasteiger partial charge in [0.25, 0.3) is 0 Å². The quantitative estimate of drug-likeness (QED) is 0.475. The molecule has 96 valence electrons. The molecule has 0 atom stereocenters. The summed E-state index contributed by atoms with van der Waals surface area (Å²) in [5.41, 5.74) is 7.16. The second-order valence-electron chi connectivity index (χ2n) is 4.42. The second-order valence-corrected chi connectivity index (χ2v) is 4.42. The summed E-state index contributed by atoms with van der Waals surface area (Å²) >= 11 is 0. The Morgan fingerprint density at radius 1 is 1.56 bits per heavy atom. The molecule has 0 saturated heterocycles. The van der Waals surface area contributed by atoms with Gasteiger partial charge in [0.15, 0.2) is 5.96 Å². The van der Waals surface area contributed by atoms with Gasteiger partial charge in [-0.2, -0.15) is 0 Å². The number of hydrogen-bond acceptors (Lipinski definition) is 3. The lowest BCUT2D eigenvalue weighted by atomic mass is 10.1. The summed E-state index contributed by atoms with van der Waals surface area (Å²) in [6, 6.07) is 5.63. The summed E-state index contributed by atoms with van der Waals surface area (Å²) in [5, 5.41) is 2.97. The van der Waals surface area contributed by atoms with Crippen LogP contribution in [0.5, 0.6) is 0 Å². The number of likely N-dealkylation sites (N-methyl/N-ethyl adjacent to an activating group) is 1. The standard InChI is InChI=1S/C13H19N5/c1-18-8-5-11(6-9-18)10-16-13(14)17-12-4-2-3-7-15-12/h2-5,7H,6,8-10H2,1H3,(H3,14,15,16,17). The number of rotatable bonds is 3. The molecule has 0 radical (unpaired) electrons. The van der Waals surface area contributed by atoms with Crippen molar-refractivity contribution in [3.05, 3.63) is 36.0 Å². The smallest absolute Gasteiger partial charge is 0.194 e. The lowest BCUT2D eigenvalue weighted by Crippen LogP contribution is -2.26. The fraction of sp³-hybridized carbons (Fsp3) is 0.385.